The number of nitrogens with zero attached hydrogens (tertiary/aromatic N) is 2. The van der Waals surface area contributed by atoms with Crippen LogP contribution in [0.3, 0.4) is 0 Å². The molecule has 0 atom stereocenters. The van der Waals surface area contributed by atoms with E-state index in [2.05, 4.69) is 0 Å². The Morgan fingerprint density at radius 3 is 2.25 bits per heavy atom. The van der Waals surface area contributed by atoms with Crippen molar-refractivity contribution in [2.75, 3.05) is 26.2 Å². The van der Waals surface area contributed by atoms with Gasteiger partial charge in [-0.3, -0.25) is 15.4 Å². The number of Topliss-reactive ketones (excluding diaryl/α,β-unsaturated/α-hetero) is 1. The lowest BCUT2D eigenvalue weighted by Crippen LogP contribution is -2.51. The number of benzene rings is 1. The largest absolute Gasteiger partial charge is 0.340 e. The number of hydrogen-bond acceptors (Lipinski definition) is 4. The number of hydrogen-bond donors (Lipinski definition) is 1. The second kappa shape index (κ2) is 6.83. The van der Waals surface area contributed by atoms with Gasteiger partial charge < -0.3 is 4.90 Å². The molecule has 0 spiro atoms. The Kier molecular flexibility index (Phi) is 5.11. The summed E-state index contributed by atoms with van der Waals surface area (Å²) in [6.45, 7) is 2.61. The molecule has 0 aromatic heterocycles. The number of hydrazine groups is 1. The van der Waals surface area contributed by atoms with E-state index in [-0.39, 0.29) is 24.5 Å². The Bertz CT molecular complexity index is 482. The summed E-state index contributed by atoms with van der Waals surface area (Å²) in [6, 6.07) is 6.72. The summed E-state index contributed by atoms with van der Waals surface area (Å²) < 4.78 is 0. The maximum atomic E-state index is 12.0. The highest BCUT2D eigenvalue weighted by atomic mass is 35.5. The van der Waals surface area contributed by atoms with Crippen molar-refractivity contribution >= 4 is 23.3 Å². The van der Waals surface area contributed by atoms with Gasteiger partial charge in [0.05, 0.1) is 0 Å². The van der Waals surface area contributed by atoms with Crippen LogP contribution in [0.15, 0.2) is 24.3 Å². The molecule has 1 aliphatic rings. The number of ketones is 1. The molecule has 1 aromatic rings. The molecule has 5 nitrogen and oxygen atoms in total. The summed E-state index contributed by atoms with van der Waals surface area (Å²) in [6.07, 6.45) is 0.468. The highest BCUT2D eigenvalue weighted by molar-refractivity contribution is 6.30. The summed E-state index contributed by atoms with van der Waals surface area (Å²) >= 11 is 5.77. The summed E-state index contributed by atoms with van der Waals surface area (Å²) in [7, 11) is 0. The second-order valence-corrected chi connectivity index (χ2v) is 5.28. The molecule has 2 rings (SSSR count). The first-order chi connectivity index (χ1) is 9.56. The van der Waals surface area contributed by atoms with Crippen molar-refractivity contribution in [2.24, 2.45) is 5.84 Å². The lowest BCUT2D eigenvalue weighted by molar-refractivity contribution is -0.132. The zero-order valence-corrected chi connectivity index (χ0v) is 12.0. The first-order valence-corrected chi connectivity index (χ1v) is 7.00. The fraction of sp³-hybridized carbons (Fsp3) is 0.429. The van der Waals surface area contributed by atoms with Gasteiger partial charge >= 0.3 is 0 Å². The van der Waals surface area contributed by atoms with Crippen LogP contribution < -0.4 is 5.84 Å². The third-order valence-electron chi connectivity index (χ3n) is 3.40. The highest BCUT2D eigenvalue weighted by Crippen LogP contribution is 2.12. The number of rotatable bonds is 4. The van der Waals surface area contributed by atoms with Crippen molar-refractivity contribution in [3.8, 4) is 0 Å². The molecule has 0 bridgehead atoms. The first-order valence-electron chi connectivity index (χ1n) is 6.62. The number of piperazine rings is 1. The Hall–Kier alpha value is -1.43. The topological polar surface area (TPSA) is 66.6 Å². The monoisotopic (exact) mass is 295 g/mol. The van der Waals surface area contributed by atoms with Crippen molar-refractivity contribution in [2.45, 2.75) is 12.8 Å². The van der Waals surface area contributed by atoms with Crippen LogP contribution in [0.25, 0.3) is 0 Å². The normalized spacial score (nSPS) is 16.2. The zero-order chi connectivity index (χ0) is 14.5. The SMILES string of the molecule is NN1CCN(C(=O)CCC(=O)c2ccc(Cl)cc2)CC1. The van der Waals surface area contributed by atoms with Gasteiger partial charge in [-0.05, 0) is 24.3 Å². The first kappa shape index (κ1) is 15.0. The van der Waals surface area contributed by atoms with Gasteiger partial charge in [-0.25, -0.2) is 5.01 Å². The summed E-state index contributed by atoms with van der Waals surface area (Å²) in [5.41, 5.74) is 0.592. The number of halogens is 1. The molecule has 1 amide bonds. The van der Waals surface area contributed by atoms with Gasteiger partial charge in [0.25, 0.3) is 0 Å². The van der Waals surface area contributed by atoms with Gasteiger partial charge in [0.1, 0.15) is 0 Å². The van der Waals surface area contributed by atoms with E-state index in [0.29, 0.717) is 36.8 Å². The van der Waals surface area contributed by atoms with Crippen LogP contribution in [0.2, 0.25) is 5.02 Å². The maximum Gasteiger partial charge on any atom is 0.223 e. The molecule has 0 radical (unpaired) electrons. The molecule has 1 aromatic carbocycles. The highest BCUT2D eigenvalue weighted by Gasteiger charge is 2.20. The van der Waals surface area contributed by atoms with Gasteiger partial charge in [-0.1, -0.05) is 11.6 Å². The van der Waals surface area contributed by atoms with Crippen molar-refractivity contribution in [1.29, 1.82) is 0 Å². The number of amides is 1. The molecular formula is C14H18ClN3O2. The number of nitrogens with two attached hydrogens (primary N) is 1. The van der Waals surface area contributed by atoms with Gasteiger partial charge in [-0.15, -0.1) is 0 Å². The smallest absolute Gasteiger partial charge is 0.223 e. The summed E-state index contributed by atoms with van der Waals surface area (Å²) in [4.78, 5) is 25.7. The molecule has 6 heteroatoms. The van der Waals surface area contributed by atoms with Crippen molar-refractivity contribution < 1.29 is 9.59 Å². The van der Waals surface area contributed by atoms with Gasteiger partial charge in [-0.2, -0.15) is 0 Å². The molecule has 1 aliphatic heterocycles. The van der Waals surface area contributed by atoms with Crippen LogP contribution in [-0.4, -0.2) is 47.8 Å². The minimum Gasteiger partial charge on any atom is -0.340 e. The Morgan fingerprint density at radius 1 is 1.05 bits per heavy atom. The Labute approximate surface area is 123 Å². The predicted molar refractivity (Wildman–Crippen MR) is 77.4 cm³/mol. The maximum absolute atomic E-state index is 12.0. The van der Waals surface area contributed by atoms with Crippen molar-refractivity contribution in [3.05, 3.63) is 34.9 Å². The Morgan fingerprint density at radius 2 is 1.65 bits per heavy atom. The number of carbonyl (C=O) groups excluding carboxylic acids is 2. The quantitative estimate of drug-likeness (QED) is 0.672. The second-order valence-electron chi connectivity index (χ2n) is 4.85. The molecule has 0 saturated carbocycles. The van der Waals surface area contributed by atoms with Crippen LogP contribution >= 0.6 is 11.6 Å². The van der Waals surface area contributed by atoms with Gasteiger partial charge in [0.2, 0.25) is 5.91 Å². The Balaban J connectivity index is 1.81. The lowest BCUT2D eigenvalue weighted by Gasteiger charge is -2.32. The molecule has 0 unspecified atom stereocenters. The zero-order valence-electron chi connectivity index (χ0n) is 11.2. The van der Waals surface area contributed by atoms with E-state index in [1.807, 2.05) is 0 Å². The molecular weight excluding hydrogens is 278 g/mol. The molecule has 1 saturated heterocycles. The van der Waals surface area contributed by atoms with Gasteiger partial charge in [0, 0.05) is 49.6 Å². The lowest BCUT2D eigenvalue weighted by atomic mass is 10.1. The molecule has 0 aliphatic carbocycles. The molecule has 2 N–H and O–H groups in total. The van der Waals surface area contributed by atoms with Crippen LogP contribution in [0.4, 0.5) is 0 Å². The summed E-state index contributed by atoms with van der Waals surface area (Å²) in [5, 5.41) is 2.29. The average molecular weight is 296 g/mol. The molecule has 1 heterocycles. The van der Waals surface area contributed by atoms with Crippen LogP contribution in [0, 0.1) is 0 Å². The van der Waals surface area contributed by atoms with E-state index in [9.17, 15) is 9.59 Å². The van der Waals surface area contributed by atoms with E-state index in [4.69, 9.17) is 17.4 Å². The summed E-state index contributed by atoms with van der Waals surface area (Å²) in [5.74, 6) is 5.62. The van der Waals surface area contributed by atoms with Crippen LogP contribution in [0.5, 0.6) is 0 Å². The minimum atomic E-state index is -0.0347. The van der Waals surface area contributed by atoms with E-state index in [1.165, 1.54) is 0 Å². The van der Waals surface area contributed by atoms with Crippen molar-refractivity contribution in [3.63, 3.8) is 0 Å². The minimum absolute atomic E-state index is 0.0143. The standard InChI is InChI=1S/C14H18ClN3O2/c15-12-3-1-11(2-4-12)13(19)5-6-14(20)17-7-9-18(16)10-8-17/h1-4H,5-10,16H2. The van der Waals surface area contributed by atoms with E-state index < -0.39 is 0 Å². The third-order valence-corrected chi connectivity index (χ3v) is 3.65. The van der Waals surface area contributed by atoms with E-state index >= 15 is 0 Å². The van der Waals surface area contributed by atoms with Crippen molar-refractivity contribution in [1.82, 2.24) is 9.91 Å². The van der Waals surface area contributed by atoms with E-state index in [0.717, 1.165) is 0 Å². The molecule has 1 fully saturated rings. The average Bonchev–Trinajstić information content (AvgIpc) is 2.46. The fourth-order valence-corrected chi connectivity index (χ4v) is 2.26. The molecule has 108 valence electrons. The van der Waals surface area contributed by atoms with E-state index in [1.54, 1.807) is 34.2 Å². The van der Waals surface area contributed by atoms with Crippen LogP contribution in [-0.2, 0) is 4.79 Å². The predicted octanol–water partition coefficient (Wildman–Crippen LogP) is 1.32. The fourth-order valence-electron chi connectivity index (χ4n) is 2.13. The molecule has 20 heavy (non-hydrogen) atoms. The number of carbonyl (C=O) groups is 2. The third kappa shape index (κ3) is 4.03. The van der Waals surface area contributed by atoms with Crippen LogP contribution in [0.1, 0.15) is 23.2 Å². The van der Waals surface area contributed by atoms with Gasteiger partial charge in [0.15, 0.2) is 5.78 Å².